The Bertz CT molecular complexity index is 310. The van der Waals surface area contributed by atoms with Gasteiger partial charge < -0.3 is 14.9 Å². The van der Waals surface area contributed by atoms with E-state index in [-0.39, 0.29) is 0 Å². The molecule has 0 saturated heterocycles. The molecule has 0 radical (unpaired) electrons. The van der Waals surface area contributed by atoms with Crippen molar-refractivity contribution in [3.05, 3.63) is 23.8 Å². The maximum atomic E-state index is 6.95. The molecule has 76 valence electrons. The molecule has 0 heterocycles. The Balaban J connectivity index is 2.83. The number of rotatable bonds is 5. The van der Waals surface area contributed by atoms with Gasteiger partial charge in [0.2, 0.25) is 0 Å². The van der Waals surface area contributed by atoms with Crippen LogP contribution in [0.4, 0.5) is 0 Å². The molecule has 0 saturated carbocycles. The average Bonchev–Trinajstić information content (AvgIpc) is 2.25. The molecule has 3 heteroatoms. The van der Waals surface area contributed by atoms with Crippen molar-refractivity contribution in [2.45, 2.75) is 12.8 Å². The van der Waals surface area contributed by atoms with E-state index in [1.54, 1.807) is 14.2 Å². The second-order valence-corrected chi connectivity index (χ2v) is 2.93. The SMILES string of the molecule is COc1ccc(CCC=N)cc1OC. The molecular formula is C11H15NO2. The van der Waals surface area contributed by atoms with Crippen molar-refractivity contribution >= 4 is 6.21 Å². The third kappa shape index (κ3) is 2.49. The summed E-state index contributed by atoms with van der Waals surface area (Å²) < 4.78 is 10.3. The van der Waals surface area contributed by atoms with E-state index >= 15 is 0 Å². The molecule has 0 amide bonds. The van der Waals surface area contributed by atoms with Crippen LogP contribution in [0.5, 0.6) is 11.5 Å². The molecule has 0 aromatic heterocycles. The zero-order chi connectivity index (χ0) is 10.4. The van der Waals surface area contributed by atoms with Gasteiger partial charge in [0.05, 0.1) is 14.2 Å². The van der Waals surface area contributed by atoms with Crippen molar-refractivity contribution in [3.63, 3.8) is 0 Å². The molecule has 14 heavy (non-hydrogen) atoms. The number of nitrogens with one attached hydrogen (secondary N) is 1. The first-order valence-electron chi connectivity index (χ1n) is 4.51. The third-order valence-corrected chi connectivity index (χ3v) is 2.03. The molecule has 0 atom stereocenters. The van der Waals surface area contributed by atoms with Gasteiger partial charge >= 0.3 is 0 Å². The van der Waals surface area contributed by atoms with Crippen molar-refractivity contribution in [1.82, 2.24) is 0 Å². The predicted molar refractivity (Wildman–Crippen MR) is 56.7 cm³/mol. The summed E-state index contributed by atoms with van der Waals surface area (Å²) in [6, 6.07) is 5.82. The molecule has 0 spiro atoms. The van der Waals surface area contributed by atoms with E-state index in [0.29, 0.717) is 0 Å². The maximum Gasteiger partial charge on any atom is 0.160 e. The third-order valence-electron chi connectivity index (χ3n) is 2.03. The minimum absolute atomic E-state index is 0.742. The molecule has 1 aromatic rings. The van der Waals surface area contributed by atoms with Crippen LogP contribution in [0.3, 0.4) is 0 Å². The van der Waals surface area contributed by atoms with Gasteiger partial charge in [-0.2, -0.15) is 0 Å². The van der Waals surface area contributed by atoms with Crippen LogP contribution in [-0.2, 0) is 6.42 Å². The van der Waals surface area contributed by atoms with E-state index in [9.17, 15) is 0 Å². The Morgan fingerprint density at radius 1 is 1.21 bits per heavy atom. The highest BCUT2D eigenvalue weighted by Gasteiger charge is 2.03. The van der Waals surface area contributed by atoms with E-state index in [2.05, 4.69) is 0 Å². The van der Waals surface area contributed by atoms with E-state index in [4.69, 9.17) is 14.9 Å². The highest BCUT2D eigenvalue weighted by Crippen LogP contribution is 2.27. The number of benzene rings is 1. The topological polar surface area (TPSA) is 42.3 Å². The maximum absolute atomic E-state index is 6.95. The van der Waals surface area contributed by atoms with Crippen LogP contribution in [0.15, 0.2) is 18.2 Å². The zero-order valence-corrected chi connectivity index (χ0v) is 8.54. The Morgan fingerprint density at radius 2 is 1.93 bits per heavy atom. The number of hydrogen-bond donors (Lipinski definition) is 1. The van der Waals surface area contributed by atoms with Gasteiger partial charge in [-0.1, -0.05) is 6.07 Å². The monoisotopic (exact) mass is 193 g/mol. The number of methoxy groups -OCH3 is 2. The first kappa shape index (κ1) is 10.6. The van der Waals surface area contributed by atoms with Crippen LogP contribution in [-0.4, -0.2) is 20.4 Å². The van der Waals surface area contributed by atoms with Crippen LogP contribution in [0.25, 0.3) is 0 Å². The first-order valence-corrected chi connectivity index (χ1v) is 4.51. The van der Waals surface area contributed by atoms with E-state index in [1.807, 2.05) is 18.2 Å². The van der Waals surface area contributed by atoms with Gasteiger partial charge in [0, 0.05) is 0 Å². The summed E-state index contributed by atoms with van der Waals surface area (Å²) in [4.78, 5) is 0. The lowest BCUT2D eigenvalue weighted by Gasteiger charge is -2.08. The minimum Gasteiger partial charge on any atom is -0.493 e. The zero-order valence-electron chi connectivity index (χ0n) is 8.54. The summed E-state index contributed by atoms with van der Waals surface area (Å²) in [6.45, 7) is 0. The summed E-state index contributed by atoms with van der Waals surface area (Å²) in [7, 11) is 3.24. The van der Waals surface area contributed by atoms with E-state index in [0.717, 1.165) is 29.9 Å². The Labute approximate surface area is 84.2 Å². The van der Waals surface area contributed by atoms with Crippen LogP contribution in [0.1, 0.15) is 12.0 Å². The minimum atomic E-state index is 0.742. The fourth-order valence-electron chi connectivity index (χ4n) is 1.27. The lowest BCUT2D eigenvalue weighted by Crippen LogP contribution is -1.93. The molecule has 0 aliphatic carbocycles. The lowest BCUT2D eigenvalue weighted by atomic mass is 10.1. The van der Waals surface area contributed by atoms with Crippen LogP contribution in [0.2, 0.25) is 0 Å². The van der Waals surface area contributed by atoms with Gasteiger partial charge in [0.1, 0.15) is 0 Å². The van der Waals surface area contributed by atoms with Gasteiger partial charge in [-0.05, 0) is 36.8 Å². The van der Waals surface area contributed by atoms with Crippen molar-refractivity contribution in [2.75, 3.05) is 14.2 Å². The summed E-state index contributed by atoms with van der Waals surface area (Å²) in [5.74, 6) is 1.49. The first-order chi connectivity index (χ1) is 6.81. The quantitative estimate of drug-likeness (QED) is 0.729. The van der Waals surface area contributed by atoms with Gasteiger partial charge in [-0.3, -0.25) is 0 Å². The summed E-state index contributed by atoms with van der Waals surface area (Å²) in [5, 5.41) is 6.95. The van der Waals surface area contributed by atoms with Crippen LogP contribution >= 0.6 is 0 Å². The molecule has 0 unspecified atom stereocenters. The van der Waals surface area contributed by atoms with Crippen molar-refractivity contribution in [1.29, 1.82) is 5.41 Å². The second-order valence-electron chi connectivity index (χ2n) is 2.93. The van der Waals surface area contributed by atoms with Gasteiger partial charge in [-0.25, -0.2) is 0 Å². The molecule has 1 N–H and O–H groups in total. The Hall–Kier alpha value is -1.51. The van der Waals surface area contributed by atoms with Gasteiger partial charge in [0.15, 0.2) is 11.5 Å². The van der Waals surface area contributed by atoms with E-state index < -0.39 is 0 Å². The second kappa shape index (κ2) is 5.27. The highest BCUT2D eigenvalue weighted by atomic mass is 16.5. The fourth-order valence-corrected chi connectivity index (χ4v) is 1.27. The van der Waals surface area contributed by atoms with Crippen LogP contribution < -0.4 is 9.47 Å². The number of ether oxygens (including phenoxy) is 2. The standard InChI is InChI=1S/C11H15NO2/c1-13-10-6-5-9(4-3-7-12)8-11(10)14-2/h5-8,12H,3-4H2,1-2H3. The molecule has 1 aromatic carbocycles. The fraction of sp³-hybridized carbons (Fsp3) is 0.364. The molecule has 3 nitrogen and oxygen atoms in total. The molecular weight excluding hydrogens is 178 g/mol. The summed E-state index contributed by atoms with van der Waals surface area (Å²) >= 11 is 0. The molecule has 0 aliphatic rings. The normalized spacial score (nSPS) is 9.57. The van der Waals surface area contributed by atoms with Crippen LogP contribution in [0, 0.1) is 5.41 Å². The summed E-state index contributed by atoms with van der Waals surface area (Å²) in [5.41, 5.74) is 1.16. The molecule has 0 bridgehead atoms. The Morgan fingerprint density at radius 3 is 2.50 bits per heavy atom. The molecule has 0 fully saturated rings. The molecule has 0 aliphatic heterocycles. The average molecular weight is 193 g/mol. The number of aryl methyl sites for hydroxylation is 1. The van der Waals surface area contributed by atoms with Gasteiger partial charge in [0.25, 0.3) is 0 Å². The Kier molecular flexibility index (Phi) is 3.98. The lowest BCUT2D eigenvalue weighted by molar-refractivity contribution is 0.354. The van der Waals surface area contributed by atoms with Crippen molar-refractivity contribution in [3.8, 4) is 11.5 Å². The largest absolute Gasteiger partial charge is 0.493 e. The number of hydrogen-bond acceptors (Lipinski definition) is 3. The van der Waals surface area contributed by atoms with Crippen molar-refractivity contribution in [2.24, 2.45) is 0 Å². The summed E-state index contributed by atoms with van der Waals surface area (Å²) in [6.07, 6.45) is 3.04. The van der Waals surface area contributed by atoms with Gasteiger partial charge in [-0.15, -0.1) is 0 Å². The smallest absolute Gasteiger partial charge is 0.160 e. The highest BCUT2D eigenvalue weighted by molar-refractivity contribution is 5.54. The molecule has 1 rings (SSSR count). The van der Waals surface area contributed by atoms with Crippen molar-refractivity contribution < 1.29 is 9.47 Å². The predicted octanol–water partition coefficient (Wildman–Crippen LogP) is 2.29. The van der Waals surface area contributed by atoms with E-state index in [1.165, 1.54) is 6.21 Å².